The number of aliphatic hydroxyl groups is 1. The lowest BCUT2D eigenvalue weighted by atomic mass is 9.92. The first-order valence-corrected chi connectivity index (χ1v) is 5.15. The van der Waals surface area contributed by atoms with Gasteiger partial charge in [0.1, 0.15) is 5.75 Å². The first-order valence-electron chi connectivity index (χ1n) is 5.15. The molecule has 1 unspecified atom stereocenters. The van der Waals surface area contributed by atoms with Crippen molar-refractivity contribution in [1.29, 1.82) is 0 Å². The Bertz CT molecular complexity index is 323. The molecule has 0 aliphatic heterocycles. The molecule has 0 aliphatic rings. The lowest BCUT2D eigenvalue weighted by molar-refractivity contribution is 0.267. The summed E-state index contributed by atoms with van der Waals surface area (Å²) in [4.78, 5) is 0. The topological polar surface area (TPSA) is 55.5 Å². The van der Waals surface area contributed by atoms with Crippen LogP contribution in [-0.2, 0) is 0 Å². The average Bonchev–Trinajstić information content (AvgIpc) is 2.26. The zero-order valence-corrected chi connectivity index (χ0v) is 9.53. The van der Waals surface area contributed by atoms with Crippen molar-refractivity contribution in [2.45, 2.75) is 25.8 Å². The van der Waals surface area contributed by atoms with Crippen LogP contribution in [0.2, 0.25) is 0 Å². The highest BCUT2D eigenvalue weighted by Crippen LogP contribution is 2.32. The van der Waals surface area contributed by atoms with E-state index in [2.05, 4.69) is 13.8 Å². The molecule has 0 bridgehead atoms. The van der Waals surface area contributed by atoms with Crippen molar-refractivity contribution in [2.24, 2.45) is 5.73 Å². The van der Waals surface area contributed by atoms with Crippen LogP contribution in [0.1, 0.15) is 36.9 Å². The van der Waals surface area contributed by atoms with Gasteiger partial charge in [-0.1, -0.05) is 26.0 Å². The van der Waals surface area contributed by atoms with Crippen molar-refractivity contribution in [2.75, 3.05) is 13.7 Å². The fourth-order valence-corrected chi connectivity index (χ4v) is 1.78. The molecule has 3 nitrogen and oxygen atoms in total. The number of benzene rings is 1. The van der Waals surface area contributed by atoms with Crippen molar-refractivity contribution in [3.8, 4) is 5.75 Å². The third-order valence-electron chi connectivity index (χ3n) is 2.49. The van der Waals surface area contributed by atoms with E-state index in [0.29, 0.717) is 5.92 Å². The quantitative estimate of drug-likeness (QED) is 0.795. The number of hydrogen-bond donors (Lipinski definition) is 2. The third kappa shape index (κ3) is 2.49. The summed E-state index contributed by atoms with van der Waals surface area (Å²) in [6, 6.07) is 5.43. The van der Waals surface area contributed by atoms with Crippen LogP contribution >= 0.6 is 0 Å². The van der Waals surface area contributed by atoms with Gasteiger partial charge in [0.05, 0.1) is 19.8 Å². The van der Waals surface area contributed by atoms with Crippen molar-refractivity contribution in [3.63, 3.8) is 0 Å². The van der Waals surface area contributed by atoms with Gasteiger partial charge in [0.25, 0.3) is 0 Å². The van der Waals surface area contributed by atoms with Gasteiger partial charge in [-0.2, -0.15) is 0 Å². The second kappa shape index (κ2) is 5.14. The molecule has 15 heavy (non-hydrogen) atoms. The van der Waals surface area contributed by atoms with Crippen LogP contribution in [0, 0.1) is 0 Å². The molecule has 0 radical (unpaired) electrons. The Morgan fingerprint density at radius 2 is 2.07 bits per heavy atom. The molecular weight excluding hydrogens is 190 g/mol. The number of nitrogens with two attached hydrogens (primary N) is 1. The number of hydrogen-bond acceptors (Lipinski definition) is 3. The second-order valence-electron chi connectivity index (χ2n) is 3.91. The number of ether oxygens (including phenoxy) is 1. The third-order valence-corrected chi connectivity index (χ3v) is 2.49. The lowest BCUT2D eigenvalue weighted by Crippen LogP contribution is -2.17. The molecule has 0 amide bonds. The molecule has 0 spiro atoms. The largest absolute Gasteiger partial charge is 0.496 e. The van der Waals surface area contributed by atoms with E-state index in [4.69, 9.17) is 15.6 Å². The molecule has 1 aromatic carbocycles. The molecule has 0 saturated carbocycles. The van der Waals surface area contributed by atoms with Gasteiger partial charge in [-0.15, -0.1) is 0 Å². The molecule has 0 heterocycles. The van der Waals surface area contributed by atoms with Gasteiger partial charge in [0.2, 0.25) is 0 Å². The maximum absolute atomic E-state index is 9.09. The number of rotatable bonds is 4. The molecule has 3 heteroatoms. The average molecular weight is 209 g/mol. The Balaban J connectivity index is 3.25. The number of aliphatic hydroxyl groups excluding tert-OH is 1. The maximum Gasteiger partial charge on any atom is 0.122 e. The van der Waals surface area contributed by atoms with Crippen molar-refractivity contribution >= 4 is 0 Å². The monoisotopic (exact) mass is 209 g/mol. The molecular formula is C12H19NO2. The summed E-state index contributed by atoms with van der Waals surface area (Å²) in [6.07, 6.45) is 0. The highest BCUT2D eigenvalue weighted by molar-refractivity contribution is 5.43. The van der Waals surface area contributed by atoms with E-state index in [1.54, 1.807) is 7.11 Å². The SMILES string of the molecule is COc1cccc(C(N)CO)c1C(C)C. The van der Waals surface area contributed by atoms with E-state index >= 15 is 0 Å². The summed E-state index contributed by atoms with van der Waals surface area (Å²) >= 11 is 0. The first kappa shape index (κ1) is 12.0. The molecule has 0 aliphatic carbocycles. The molecule has 0 aromatic heterocycles. The summed E-state index contributed by atoms with van der Waals surface area (Å²) in [5.41, 5.74) is 7.90. The van der Waals surface area contributed by atoms with Gasteiger partial charge in [0.15, 0.2) is 0 Å². The summed E-state index contributed by atoms with van der Waals surface area (Å²) in [5, 5.41) is 9.09. The summed E-state index contributed by atoms with van der Waals surface area (Å²) in [5.74, 6) is 1.17. The van der Waals surface area contributed by atoms with Crippen LogP contribution in [0.5, 0.6) is 5.75 Å². The van der Waals surface area contributed by atoms with Gasteiger partial charge in [-0.05, 0) is 17.5 Å². The Labute approximate surface area is 90.9 Å². The highest BCUT2D eigenvalue weighted by Gasteiger charge is 2.16. The molecule has 1 aromatic rings. The Kier molecular flexibility index (Phi) is 4.12. The molecule has 0 saturated heterocycles. The molecule has 84 valence electrons. The fourth-order valence-electron chi connectivity index (χ4n) is 1.78. The van der Waals surface area contributed by atoms with Crippen molar-refractivity contribution in [1.82, 2.24) is 0 Å². The minimum Gasteiger partial charge on any atom is -0.496 e. The first-order chi connectivity index (χ1) is 7.11. The lowest BCUT2D eigenvalue weighted by Gasteiger charge is -2.19. The van der Waals surface area contributed by atoms with E-state index < -0.39 is 0 Å². The van der Waals surface area contributed by atoms with Crippen molar-refractivity contribution in [3.05, 3.63) is 29.3 Å². The maximum atomic E-state index is 9.09. The van der Waals surface area contributed by atoms with Gasteiger partial charge >= 0.3 is 0 Å². The summed E-state index contributed by atoms with van der Waals surface area (Å²) in [7, 11) is 1.65. The summed E-state index contributed by atoms with van der Waals surface area (Å²) in [6.45, 7) is 4.13. The predicted molar refractivity (Wildman–Crippen MR) is 61.1 cm³/mol. The Morgan fingerprint density at radius 3 is 2.53 bits per heavy atom. The van der Waals surface area contributed by atoms with Gasteiger partial charge in [-0.25, -0.2) is 0 Å². The zero-order valence-electron chi connectivity index (χ0n) is 9.53. The Hall–Kier alpha value is -1.06. The minimum absolute atomic E-state index is 0.0487. The molecule has 0 fully saturated rings. The zero-order chi connectivity index (χ0) is 11.4. The smallest absolute Gasteiger partial charge is 0.122 e. The van der Waals surface area contributed by atoms with E-state index in [9.17, 15) is 0 Å². The minimum atomic E-state index is -0.336. The van der Waals surface area contributed by atoms with Gasteiger partial charge in [0, 0.05) is 5.56 Å². The normalized spacial score (nSPS) is 12.9. The van der Waals surface area contributed by atoms with E-state index in [0.717, 1.165) is 16.9 Å². The van der Waals surface area contributed by atoms with Crippen LogP contribution in [0.15, 0.2) is 18.2 Å². The van der Waals surface area contributed by atoms with Crippen molar-refractivity contribution < 1.29 is 9.84 Å². The standard InChI is InChI=1S/C12H19NO2/c1-8(2)12-9(10(13)7-14)5-4-6-11(12)15-3/h4-6,8,10,14H,7,13H2,1-3H3. The van der Waals surface area contributed by atoms with E-state index in [-0.39, 0.29) is 12.6 Å². The van der Waals surface area contributed by atoms with Crippen LogP contribution in [0.25, 0.3) is 0 Å². The Morgan fingerprint density at radius 1 is 1.40 bits per heavy atom. The number of methoxy groups -OCH3 is 1. The predicted octanol–water partition coefficient (Wildman–Crippen LogP) is 1.81. The van der Waals surface area contributed by atoms with Crippen LogP contribution in [-0.4, -0.2) is 18.8 Å². The molecule has 1 rings (SSSR count). The van der Waals surface area contributed by atoms with Gasteiger partial charge < -0.3 is 15.6 Å². The highest BCUT2D eigenvalue weighted by atomic mass is 16.5. The fraction of sp³-hybridized carbons (Fsp3) is 0.500. The summed E-state index contributed by atoms with van der Waals surface area (Å²) < 4.78 is 5.30. The molecule has 3 N–H and O–H groups in total. The second-order valence-corrected chi connectivity index (χ2v) is 3.91. The van der Waals surface area contributed by atoms with Crippen LogP contribution in [0.3, 0.4) is 0 Å². The van der Waals surface area contributed by atoms with Gasteiger partial charge in [-0.3, -0.25) is 0 Å². The molecule has 1 atom stereocenters. The van der Waals surface area contributed by atoms with Crippen LogP contribution in [0.4, 0.5) is 0 Å². The van der Waals surface area contributed by atoms with E-state index in [1.807, 2.05) is 18.2 Å². The van der Waals surface area contributed by atoms with Crippen LogP contribution < -0.4 is 10.5 Å². The van der Waals surface area contributed by atoms with E-state index in [1.165, 1.54) is 0 Å².